The van der Waals surface area contributed by atoms with Gasteiger partial charge in [-0.25, -0.2) is 0 Å². The lowest BCUT2D eigenvalue weighted by molar-refractivity contribution is 0.417. The number of nitrogen functional groups attached to an aromatic ring is 1. The summed E-state index contributed by atoms with van der Waals surface area (Å²) in [4.78, 5) is 7.97. The summed E-state index contributed by atoms with van der Waals surface area (Å²) in [7, 11) is 1.62. The first-order valence-electron chi connectivity index (χ1n) is 7.76. The molecule has 1 aliphatic rings. The fourth-order valence-corrected chi connectivity index (χ4v) is 3.93. The minimum absolute atomic E-state index is 0.566. The molecule has 0 spiro atoms. The molecule has 0 radical (unpaired) electrons. The Balaban J connectivity index is 1.71. The van der Waals surface area contributed by atoms with E-state index in [9.17, 15) is 0 Å². The summed E-state index contributed by atoms with van der Waals surface area (Å²) < 4.78 is 6.44. The van der Waals surface area contributed by atoms with Crippen LogP contribution in [0.25, 0.3) is 16.6 Å². The van der Waals surface area contributed by atoms with Crippen LogP contribution in [0.1, 0.15) is 0 Å². The van der Waals surface area contributed by atoms with Crippen LogP contribution >= 0.6 is 22.9 Å². The predicted octanol–water partition coefficient (Wildman–Crippen LogP) is 3.49. The molecule has 126 valence electrons. The van der Waals surface area contributed by atoms with Crippen molar-refractivity contribution in [2.75, 3.05) is 24.4 Å². The number of hydrogen-bond acceptors (Lipinski definition) is 5. The molecule has 1 aromatic heterocycles. The van der Waals surface area contributed by atoms with Crippen molar-refractivity contribution in [2.24, 2.45) is 4.99 Å². The van der Waals surface area contributed by atoms with Crippen LogP contribution in [-0.2, 0) is 0 Å². The van der Waals surface area contributed by atoms with Gasteiger partial charge in [-0.15, -0.1) is 11.3 Å². The number of thiophene rings is 1. The number of nitrogens with zero attached hydrogens (tertiary/aromatic N) is 2. The molecule has 0 unspecified atom stereocenters. The highest BCUT2D eigenvalue weighted by atomic mass is 35.5. The number of hydrogen-bond donors (Lipinski definition) is 1. The molecule has 0 aliphatic carbocycles. The van der Waals surface area contributed by atoms with Crippen molar-refractivity contribution < 1.29 is 4.74 Å². The summed E-state index contributed by atoms with van der Waals surface area (Å²) in [5.41, 5.74) is 8.67. The van der Waals surface area contributed by atoms with Crippen LogP contribution in [0.3, 0.4) is 0 Å². The summed E-state index contributed by atoms with van der Waals surface area (Å²) in [5.74, 6) is 0.671. The Kier molecular flexibility index (Phi) is 4.11. The molecule has 0 atom stereocenters. The van der Waals surface area contributed by atoms with Crippen LogP contribution in [0.5, 0.6) is 5.75 Å². The van der Waals surface area contributed by atoms with E-state index >= 15 is 0 Å². The number of anilines is 2. The Morgan fingerprint density at radius 2 is 1.96 bits per heavy atom. The molecular weight excluding hydrogens is 354 g/mol. The lowest BCUT2D eigenvalue weighted by atomic mass is 10.2. The first kappa shape index (κ1) is 16.0. The van der Waals surface area contributed by atoms with Crippen molar-refractivity contribution in [3.63, 3.8) is 0 Å². The van der Waals surface area contributed by atoms with E-state index in [4.69, 9.17) is 27.1 Å². The van der Waals surface area contributed by atoms with E-state index in [0.717, 1.165) is 26.2 Å². The predicted molar refractivity (Wildman–Crippen MR) is 105 cm³/mol. The Morgan fingerprint density at radius 1 is 1.16 bits per heavy atom. The summed E-state index contributed by atoms with van der Waals surface area (Å²) in [5, 5.41) is 1.76. The third-order valence-electron chi connectivity index (χ3n) is 4.08. The van der Waals surface area contributed by atoms with E-state index in [0.29, 0.717) is 18.1 Å². The van der Waals surface area contributed by atoms with Gasteiger partial charge in [0, 0.05) is 27.9 Å². The van der Waals surface area contributed by atoms with Gasteiger partial charge in [-0.1, -0.05) is 23.7 Å². The van der Waals surface area contributed by atoms with Crippen LogP contribution < -0.4 is 25.3 Å². The fraction of sp³-hybridized carbons (Fsp3) is 0.105. The maximum Gasteiger partial charge on any atom is 0.143 e. The van der Waals surface area contributed by atoms with Gasteiger partial charge in [-0.2, -0.15) is 0 Å². The molecular formula is C19H16ClN3OS. The highest BCUT2D eigenvalue weighted by Crippen LogP contribution is 2.28. The molecule has 0 bridgehead atoms. The summed E-state index contributed by atoms with van der Waals surface area (Å²) in [6, 6.07) is 15.8. The molecule has 0 fully saturated rings. The molecule has 0 saturated carbocycles. The maximum atomic E-state index is 5.98. The number of nitrogens with two attached hydrogens (primary N) is 1. The lowest BCUT2D eigenvalue weighted by Crippen LogP contribution is -2.32. The molecule has 2 aromatic carbocycles. The van der Waals surface area contributed by atoms with Gasteiger partial charge in [-0.05, 0) is 35.9 Å². The van der Waals surface area contributed by atoms with Crippen molar-refractivity contribution in [2.45, 2.75) is 0 Å². The first-order chi connectivity index (χ1) is 12.1. The van der Waals surface area contributed by atoms with E-state index in [1.54, 1.807) is 18.4 Å². The third kappa shape index (κ3) is 3.08. The molecule has 2 heterocycles. The molecule has 6 heteroatoms. The summed E-state index contributed by atoms with van der Waals surface area (Å²) in [6.07, 6.45) is 2.12. The monoisotopic (exact) mass is 369 g/mol. The largest absolute Gasteiger partial charge is 0.495 e. The number of fused-ring (bicyclic) bond motifs is 1. The van der Waals surface area contributed by atoms with Gasteiger partial charge in [0.15, 0.2) is 0 Å². The SMILES string of the molecule is COc1cc(N2C=c3sc(-c4ccc(Cl)cc4)cc3=NC2)ccc1N. The van der Waals surface area contributed by atoms with Crippen LogP contribution in [0, 0.1) is 0 Å². The molecule has 3 aromatic rings. The second-order valence-corrected chi connectivity index (χ2v) is 7.21. The van der Waals surface area contributed by atoms with Gasteiger partial charge in [0.25, 0.3) is 0 Å². The zero-order valence-corrected chi connectivity index (χ0v) is 15.1. The minimum atomic E-state index is 0.566. The van der Waals surface area contributed by atoms with Crippen molar-refractivity contribution in [1.29, 1.82) is 0 Å². The minimum Gasteiger partial charge on any atom is -0.495 e. The van der Waals surface area contributed by atoms with Gasteiger partial charge in [0.1, 0.15) is 12.4 Å². The number of halogens is 1. The maximum absolute atomic E-state index is 5.98. The number of benzene rings is 2. The zero-order chi connectivity index (χ0) is 17.4. The molecule has 0 saturated heterocycles. The van der Waals surface area contributed by atoms with Crippen molar-refractivity contribution in [3.05, 3.63) is 63.4 Å². The third-order valence-corrected chi connectivity index (χ3v) is 5.44. The van der Waals surface area contributed by atoms with Gasteiger partial charge < -0.3 is 15.4 Å². The van der Waals surface area contributed by atoms with Crippen LogP contribution in [0.4, 0.5) is 11.4 Å². The Labute approximate surface area is 154 Å². The van der Waals surface area contributed by atoms with E-state index in [-0.39, 0.29) is 0 Å². The fourth-order valence-electron chi connectivity index (χ4n) is 2.74. The van der Waals surface area contributed by atoms with E-state index in [1.165, 1.54) is 4.88 Å². The van der Waals surface area contributed by atoms with E-state index in [1.807, 2.05) is 42.5 Å². The smallest absolute Gasteiger partial charge is 0.143 e. The average molecular weight is 370 g/mol. The topological polar surface area (TPSA) is 50.8 Å². The molecule has 2 N–H and O–H groups in total. The summed E-state index contributed by atoms with van der Waals surface area (Å²) >= 11 is 7.69. The normalized spacial score (nSPS) is 13.0. The quantitative estimate of drug-likeness (QED) is 0.719. The van der Waals surface area contributed by atoms with Crippen LogP contribution in [0.15, 0.2) is 53.5 Å². The van der Waals surface area contributed by atoms with Crippen molar-refractivity contribution in [3.8, 4) is 16.2 Å². The van der Waals surface area contributed by atoms with Crippen molar-refractivity contribution in [1.82, 2.24) is 0 Å². The Bertz CT molecular complexity index is 1040. The molecule has 4 nitrogen and oxygen atoms in total. The second kappa shape index (κ2) is 6.43. The number of ether oxygens (including phenoxy) is 1. The highest BCUT2D eigenvalue weighted by Gasteiger charge is 2.12. The molecule has 1 aliphatic heterocycles. The van der Waals surface area contributed by atoms with Crippen LogP contribution in [-0.4, -0.2) is 13.8 Å². The standard InChI is InChI=1S/C19H16ClN3OS/c1-24-17-8-14(6-7-15(17)21)23-10-19-16(22-11-23)9-18(25-19)12-2-4-13(20)5-3-12/h2-10H,11,21H2,1H3. The van der Waals surface area contributed by atoms with Gasteiger partial charge in [-0.3, -0.25) is 4.99 Å². The summed E-state index contributed by atoms with van der Waals surface area (Å²) in [6.45, 7) is 0.566. The second-order valence-electron chi connectivity index (χ2n) is 5.69. The molecule has 0 amide bonds. The van der Waals surface area contributed by atoms with Gasteiger partial charge >= 0.3 is 0 Å². The molecule has 25 heavy (non-hydrogen) atoms. The number of rotatable bonds is 3. The first-order valence-corrected chi connectivity index (χ1v) is 8.96. The van der Waals surface area contributed by atoms with Gasteiger partial charge in [0.2, 0.25) is 0 Å². The number of methoxy groups -OCH3 is 1. The van der Waals surface area contributed by atoms with E-state index < -0.39 is 0 Å². The Hall–Kier alpha value is -2.50. The average Bonchev–Trinajstić information content (AvgIpc) is 3.06. The van der Waals surface area contributed by atoms with Crippen molar-refractivity contribution >= 4 is 40.5 Å². The van der Waals surface area contributed by atoms with Gasteiger partial charge in [0.05, 0.1) is 22.7 Å². The molecule has 4 rings (SSSR count). The zero-order valence-electron chi connectivity index (χ0n) is 13.6. The highest BCUT2D eigenvalue weighted by molar-refractivity contribution is 7.13. The lowest BCUT2D eigenvalue weighted by Gasteiger charge is -2.20. The Morgan fingerprint density at radius 3 is 2.72 bits per heavy atom. The van der Waals surface area contributed by atoms with E-state index in [2.05, 4.69) is 17.2 Å². The van der Waals surface area contributed by atoms with Crippen LogP contribution in [0.2, 0.25) is 5.02 Å².